The third-order valence-corrected chi connectivity index (χ3v) is 3.85. The summed E-state index contributed by atoms with van der Waals surface area (Å²) in [6.45, 7) is 0.807. The predicted molar refractivity (Wildman–Crippen MR) is 99.3 cm³/mol. The number of unbranched alkanes of at least 4 members (excludes halogenated alkanes) is 1. The first-order valence-corrected chi connectivity index (χ1v) is 8.70. The van der Waals surface area contributed by atoms with E-state index in [0.29, 0.717) is 38.2 Å². The molecule has 28 heavy (non-hydrogen) atoms. The van der Waals surface area contributed by atoms with Gasteiger partial charge in [-0.3, -0.25) is 4.79 Å². The van der Waals surface area contributed by atoms with Crippen LogP contribution < -0.4 is 21.1 Å². The van der Waals surface area contributed by atoms with Crippen LogP contribution in [0.5, 0.6) is 6.01 Å². The Morgan fingerprint density at radius 2 is 1.79 bits per heavy atom. The smallest absolute Gasteiger partial charge is 0.354 e. The molecule has 1 atom stereocenters. The van der Waals surface area contributed by atoms with Crippen molar-refractivity contribution in [3.05, 3.63) is 29.8 Å². The van der Waals surface area contributed by atoms with Crippen molar-refractivity contribution in [3.8, 4) is 17.4 Å². The third-order valence-electron chi connectivity index (χ3n) is 3.85. The van der Waals surface area contributed by atoms with E-state index in [1.54, 1.807) is 0 Å². The number of carbonyl (C=O) groups excluding carboxylic acids is 1. The molecule has 2 aromatic rings. The molecular weight excluding hydrogens is 366 g/mol. The molecule has 0 aliphatic carbocycles. The van der Waals surface area contributed by atoms with E-state index in [4.69, 9.17) is 15.6 Å². The Bertz CT molecular complexity index is 768. The minimum atomic E-state index is -1.01. The molecule has 0 fully saturated rings. The lowest BCUT2D eigenvalue weighted by Gasteiger charge is -2.09. The van der Waals surface area contributed by atoms with Crippen molar-refractivity contribution in [1.82, 2.24) is 31.0 Å². The Kier molecular flexibility index (Phi) is 8.03. The maximum Gasteiger partial charge on any atom is 0.354 e. The van der Waals surface area contributed by atoms with Gasteiger partial charge >= 0.3 is 18.0 Å². The number of nitrogens with zero attached hydrogens (tertiary/aromatic N) is 4. The van der Waals surface area contributed by atoms with Crippen molar-refractivity contribution in [1.29, 1.82) is 0 Å². The molecule has 11 nitrogen and oxygen atoms in total. The highest BCUT2D eigenvalue weighted by Crippen LogP contribution is 2.14. The van der Waals surface area contributed by atoms with Crippen LogP contribution in [0.3, 0.4) is 0 Å². The van der Waals surface area contributed by atoms with Crippen molar-refractivity contribution in [2.75, 3.05) is 13.7 Å². The standard InChI is InChI=1S/C17H23N7O4/c1-28-17-23-21-14(22-24-17)12-7-5-11(6-8-12)10-20-16(27)19-9-3-2-4-13(18)15(25)26/h5-8,13H,2-4,9-10,18H2,1H3,(H,25,26)(H2,19,20,27). The number of ether oxygens (including phenoxy) is 1. The summed E-state index contributed by atoms with van der Waals surface area (Å²) in [5, 5.41) is 29.5. The maximum absolute atomic E-state index is 11.8. The van der Waals surface area contributed by atoms with Crippen LogP contribution in [0.2, 0.25) is 0 Å². The van der Waals surface area contributed by atoms with Crippen molar-refractivity contribution in [2.24, 2.45) is 5.73 Å². The second-order valence-electron chi connectivity index (χ2n) is 5.96. The maximum atomic E-state index is 11.8. The van der Waals surface area contributed by atoms with E-state index in [-0.39, 0.29) is 12.0 Å². The molecule has 0 saturated carbocycles. The van der Waals surface area contributed by atoms with Gasteiger partial charge in [-0.05, 0) is 24.8 Å². The van der Waals surface area contributed by atoms with Gasteiger partial charge in [-0.1, -0.05) is 34.5 Å². The molecule has 0 spiro atoms. The van der Waals surface area contributed by atoms with Crippen LogP contribution in [0.15, 0.2) is 24.3 Å². The largest absolute Gasteiger partial charge is 0.480 e. The molecular formula is C17H23N7O4. The number of methoxy groups -OCH3 is 1. The first kappa shape index (κ1) is 21.0. The number of nitrogens with one attached hydrogen (secondary N) is 2. The molecule has 11 heteroatoms. The van der Waals surface area contributed by atoms with Gasteiger partial charge in [0, 0.05) is 18.7 Å². The van der Waals surface area contributed by atoms with Gasteiger partial charge in [0.05, 0.1) is 7.11 Å². The normalized spacial score (nSPS) is 11.5. The summed E-state index contributed by atoms with van der Waals surface area (Å²) in [6.07, 6.45) is 1.67. The molecule has 150 valence electrons. The van der Waals surface area contributed by atoms with Crippen LogP contribution in [0, 0.1) is 0 Å². The SMILES string of the molecule is COc1nnc(-c2ccc(CNC(=O)NCCCCC(N)C(=O)O)cc2)nn1. The summed E-state index contributed by atoms with van der Waals surface area (Å²) < 4.78 is 4.82. The van der Waals surface area contributed by atoms with Gasteiger partial charge in [-0.15, -0.1) is 10.2 Å². The predicted octanol–water partition coefficient (Wildman–Crippen LogP) is 0.324. The van der Waals surface area contributed by atoms with Crippen LogP contribution in [0.25, 0.3) is 11.4 Å². The molecule has 1 unspecified atom stereocenters. The summed E-state index contributed by atoms with van der Waals surface area (Å²) in [5.74, 6) is -0.636. The third kappa shape index (κ3) is 6.76. The first-order chi connectivity index (χ1) is 13.5. The highest BCUT2D eigenvalue weighted by molar-refractivity contribution is 5.74. The lowest BCUT2D eigenvalue weighted by molar-refractivity contribution is -0.138. The number of hydrogen-bond donors (Lipinski definition) is 4. The summed E-state index contributed by atoms with van der Waals surface area (Å²) >= 11 is 0. The number of benzene rings is 1. The number of urea groups is 1. The van der Waals surface area contributed by atoms with E-state index in [1.165, 1.54) is 7.11 Å². The van der Waals surface area contributed by atoms with E-state index in [2.05, 4.69) is 31.0 Å². The lowest BCUT2D eigenvalue weighted by atomic mass is 10.1. The minimum absolute atomic E-state index is 0.0975. The average Bonchev–Trinajstić information content (AvgIpc) is 2.72. The number of carboxylic acids is 1. The first-order valence-electron chi connectivity index (χ1n) is 8.70. The molecule has 1 aromatic carbocycles. The van der Waals surface area contributed by atoms with Crippen LogP contribution in [0.1, 0.15) is 24.8 Å². The Morgan fingerprint density at radius 1 is 1.11 bits per heavy atom. The highest BCUT2D eigenvalue weighted by Gasteiger charge is 2.10. The van der Waals surface area contributed by atoms with Gasteiger partial charge in [-0.2, -0.15) is 0 Å². The van der Waals surface area contributed by atoms with Gasteiger partial charge in [0.25, 0.3) is 0 Å². The molecule has 0 saturated heterocycles. The van der Waals surface area contributed by atoms with Crippen molar-refractivity contribution >= 4 is 12.0 Å². The van der Waals surface area contributed by atoms with Gasteiger partial charge < -0.3 is 26.2 Å². The molecule has 2 rings (SSSR count). The number of aliphatic carboxylic acids is 1. The van der Waals surface area contributed by atoms with Crippen LogP contribution in [-0.4, -0.2) is 57.2 Å². The molecule has 0 bridgehead atoms. The molecule has 1 heterocycles. The van der Waals surface area contributed by atoms with Crippen LogP contribution >= 0.6 is 0 Å². The zero-order valence-corrected chi connectivity index (χ0v) is 15.5. The van der Waals surface area contributed by atoms with Crippen LogP contribution in [0.4, 0.5) is 4.79 Å². The number of nitrogens with two attached hydrogens (primary N) is 1. The Morgan fingerprint density at radius 3 is 2.39 bits per heavy atom. The van der Waals surface area contributed by atoms with Crippen molar-refractivity contribution in [2.45, 2.75) is 31.8 Å². The van der Waals surface area contributed by atoms with Crippen molar-refractivity contribution in [3.63, 3.8) is 0 Å². The fraction of sp³-hybridized carbons (Fsp3) is 0.412. The van der Waals surface area contributed by atoms with E-state index in [0.717, 1.165) is 11.1 Å². The number of carboxylic acid groups (broad SMARTS) is 1. The summed E-state index contributed by atoms with van der Waals surface area (Å²) in [7, 11) is 1.44. The number of rotatable bonds is 10. The van der Waals surface area contributed by atoms with Crippen molar-refractivity contribution < 1.29 is 19.4 Å². The summed E-state index contributed by atoms with van der Waals surface area (Å²) in [4.78, 5) is 22.4. The summed E-state index contributed by atoms with van der Waals surface area (Å²) in [6, 6.07) is 6.26. The second-order valence-corrected chi connectivity index (χ2v) is 5.96. The topological polar surface area (TPSA) is 165 Å². The van der Waals surface area contributed by atoms with E-state index in [9.17, 15) is 9.59 Å². The highest BCUT2D eigenvalue weighted by atomic mass is 16.5. The summed E-state index contributed by atoms with van der Waals surface area (Å²) in [5.41, 5.74) is 7.06. The quantitative estimate of drug-likeness (QED) is 0.419. The number of amides is 2. The molecule has 2 amide bonds. The van der Waals surface area contributed by atoms with Gasteiger partial charge in [0.1, 0.15) is 6.04 Å². The fourth-order valence-electron chi connectivity index (χ4n) is 2.25. The second kappa shape index (κ2) is 10.7. The minimum Gasteiger partial charge on any atom is -0.480 e. The Balaban J connectivity index is 1.69. The van der Waals surface area contributed by atoms with Crippen LogP contribution in [-0.2, 0) is 11.3 Å². The van der Waals surface area contributed by atoms with Gasteiger partial charge in [0.15, 0.2) is 0 Å². The number of hydrogen-bond acceptors (Lipinski definition) is 8. The monoisotopic (exact) mass is 389 g/mol. The molecule has 5 N–H and O–H groups in total. The Hall–Kier alpha value is -3.34. The van der Waals surface area contributed by atoms with E-state index >= 15 is 0 Å². The number of carbonyl (C=O) groups is 2. The molecule has 0 aliphatic rings. The van der Waals surface area contributed by atoms with Gasteiger partial charge in [-0.25, -0.2) is 4.79 Å². The van der Waals surface area contributed by atoms with Gasteiger partial charge in [0.2, 0.25) is 5.82 Å². The zero-order chi connectivity index (χ0) is 20.4. The molecule has 0 aliphatic heterocycles. The lowest BCUT2D eigenvalue weighted by Crippen LogP contribution is -2.35. The molecule has 0 radical (unpaired) electrons. The number of aromatic nitrogens is 4. The van der Waals surface area contributed by atoms with E-state index < -0.39 is 12.0 Å². The Labute approximate surface area is 161 Å². The molecule has 1 aromatic heterocycles. The van der Waals surface area contributed by atoms with E-state index in [1.807, 2.05) is 24.3 Å². The fourth-order valence-corrected chi connectivity index (χ4v) is 2.25. The average molecular weight is 389 g/mol. The zero-order valence-electron chi connectivity index (χ0n) is 15.5.